The second-order valence-corrected chi connectivity index (χ2v) is 8.12. The molecule has 0 amide bonds. The summed E-state index contributed by atoms with van der Waals surface area (Å²) in [5.41, 5.74) is 2.45. The van der Waals surface area contributed by atoms with E-state index in [0.29, 0.717) is 17.4 Å². The number of aliphatic hydroxyl groups excluding tert-OH is 1. The number of hydrogen-bond donors (Lipinski definition) is 1. The summed E-state index contributed by atoms with van der Waals surface area (Å²) >= 11 is 0. The first kappa shape index (κ1) is 18.9. The topological polar surface area (TPSA) is 75.6 Å². The molecule has 0 bridgehead atoms. The number of carbonyl (C=O) groups excluding carboxylic acids is 1. The van der Waals surface area contributed by atoms with Crippen LogP contribution in [0.15, 0.2) is 30.5 Å². The van der Waals surface area contributed by atoms with Crippen LogP contribution in [-0.4, -0.2) is 46.2 Å². The van der Waals surface area contributed by atoms with Gasteiger partial charge in [0, 0.05) is 30.5 Å². The van der Waals surface area contributed by atoms with Crippen LogP contribution in [0.25, 0.3) is 0 Å². The Hall–Kier alpha value is -2.47. The highest BCUT2D eigenvalue weighted by Gasteiger charge is 2.43. The number of carbonyl (C=O) groups is 1. The normalized spacial score (nSPS) is 26.8. The largest absolute Gasteiger partial charge is 0.486 e. The first-order valence-corrected chi connectivity index (χ1v) is 9.91. The molecule has 4 atom stereocenters. The van der Waals surface area contributed by atoms with Gasteiger partial charge >= 0.3 is 0 Å². The number of aromatic nitrogens is 2. The zero-order chi connectivity index (χ0) is 19.8. The van der Waals surface area contributed by atoms with Crippen LogP contribution in [0, 0.1) is 25.7 Å². The van der Waals surface area contributed by atoms with Crippen LogP contribution in [0.3, 0.4) is 0 Å². The van der Waals surface area contributed by atoms with Gasteiger partial charge < -0.3 is 14.7 Å². The molecule has 2 fully saturated rings. The standard InChI is InChI=1S/C22H27N3O3/c1-13-4-6-20(14(2)24-13)28-21-9-18-12-25(11-17(18)8-19(21)27)22-7-5-16(10-23-22)15(3)26/h4-7,10,17-19,21,27H,8-9,11-12H2,1-3H3/t17-,18+,19+,21+/m0/s1. The summed E-state index contributed by atoms with van der Waals surface area (Å²) in [5, 5.41) is 10.7. The van der Waals surface area contributed by atoms with Gasteiger partial charge in [-0.05, 0) is 69.7 Å². The second kappa shape index (κ2) is 7.51. The quantitative estimate of drug-likeness (QED) is 0.821. The van der Waals surface area contributed by atoms with E-state index in [1.807, 2.05) is 38.1 Å². The predicted molar refractivity (Wildman–Crippen MR) is 107 cm³/mol. The van der Waals surface area contributed by atoms with Gasteiger partial charge in [-0.3, -0.25) is 9.78 Å². The molecule has 2 aliphatic rings. The van der Waals surface area contributed by atoms with Crippen molar-refractivity contribution in [3.05, 3.63) is 47.4 Å². The molecule has 0 unspecified atom stereocenters. The number of pyridine rings is 2. The van der Waals surface area contributed by atoms with Crippen molar-refractivity contribution in [3.63, 3.8) is 0 Å². The van der Waals surface area contributed by atoms with Gasteiger partial charge in [0.15, 0.2) is 5.78 Å². The van der Waals surface area contributed by atoms with Gasteiger partial charge in [-0.15, -0.1) is 0 Å². The van der Waals surface area contributed by atoms with Gasteiger partial charge in [0.1, 0.15) is 17.7 Å². The van der Waals surface area contributed by atoms with E-state index in [2.05, 4.69) is 14.9 Å². The minimum absolute atomic E-state index is 0.0261. The van der Waals surface area contributed by atoms with E-state index in [9.17, 15) is 9.90 Å². The summed E-state index contributed by atoms with van der Waals surface area (Å²) in [6.07, 6.45) is 2.51. The van der Waals surface area contributed by atoms with E-state index in [-0.39, 0.29) is 11.9 Å². The predicted octanol–water partition coefficient (Wildman–Crippen LogP) is 2.95. The molecule has 28 heavy (non-hydrogen) atoms. The van der Waals surface area contributed by atoms with E-state index in [1.165, 1.54) is 0 Å². The molecule has 3 heterocycles. The van der Waals surface area contributed by atoms with Gasteiger partial charge in [0.2, 0.25) is 0 Å². The molecule has 6 heteroatoms. The Labute approximate surface area is 165 Å². The molecule has 1 aliphatic carbocycles. The zero-order valence-electron chi connectivity index (χ0n) is 16.6. The van der Waals surface area contributed by atoms with E-state index in [4.69, 9.17) is 4.74 Å². The third-order valence-electron chi connectivity index (χ3n) is 6.02. The maximum absolute atomic E-state index is 11.4. The van der Waals surface area contributed by atoms with E-state index < -0.39 is 6.10 Å². The van der Waals surface area contributed by atoms with E-state index in [0.717, 1.165) is 48.9 Å². The molecule has 2 aromatic heterocycles. The van der Waals surface area contributed by atoms with Crippen LogP contribution in [0.4, 0.5) is 5.82 Å². The number of anilines is 1. The summed E-state index contributed by atoms with van der Waals surface area (Å²) in [5.74, 6) is 2.57. The van der Waals surface area contributed by atoms with Gasteiger partial charge in [0.05, 0.1) is 11.8 Å². The van der Waals surface area contributed by atoms with Crippen molar-refractivity contribution < 1.29 is 14.6 Å². The maximum Gasteiger partial charge on any atom is 0.161 e. The van der Waals surface area contributed by atoms with Gasteiger partial charge in [0.25, 0.3) is 0 Å². The molecular weight excluding hydrogens is 354 g/mol. The molecule has 4 rings (SSSR count). The fourth-order valence-corrected chi connectivity index (χ4v) is 4.45. The Morgan fingerprint density at radius 1 is 1.14 bits per heavy atom. The number of fused-ring (bicyclic) bond motifs is 1. The Kier molecular flexibility index (Phi) is 5.06. The van der Waals surface area contributed by atoms with Crippen molar-refractivity contribution in [1.82, 2.24) is 9.97 Å². The lowest BCUT2D eigenvalue weighted by Gasteiger charge is -2.35. The number of rotatable bonds is 4. The fourth-order valence-electron chi connectivity index (χ4n) is 4.45. The summed E-state index contributed by atoms with van der Waals surface area (Å²) < 4.78 is 6.16. The van der Waals surface area contributed by atoms with Crippen LogP contribution in [0.1, 0.15) is 41.5 Å². The number of aliphatic hydroxyl groups is 1. The first-order valence-electron chi connectivity index (χ1n) is 9.91. The average molecular weight is 381 g/mol. The minimum Gasteiger partial charge on any atom is -0.486 e. The van der Waals surface area contributed by atoms with Crippen LogP contribution in [0.2, 0.25) is 0 Å². The van der Waals surface area contributed by atoms with Crippen LogP contribution in [0.5, 0.6) is 5.75 Å². The van der Waals surface area contributed by atoms with Crippen molar-refractivity contribution in [1.29, 1.82) is 0 Å². The van der Waals surface area contributed by atoms with Gasteiger partial charge in [-0.1, -0.05) is 0 Å². The highest BCUT2D eigenvalue weighted by atomic mass is 16.5. The number of hydrogen-bond acceptors (Lipinski definition) is 6. The molecule has 6 nitrogen and oxygen atoms in total. The number of nitrogens with zero attached hydrogens (tertiary/aromatic N) is 3. The SMILES string of the molecule is CC(=O)c1ccc(N2C[C@H]3C[C@@H](Oc4ccc(C)nc4C)[C@H](O)C[C@H]3C2)nc1. The zero-order valence-corrected chi connectivity index (χ0v) is 16.6. The molecule has 1 aliphatic heterocycles. The maximum atomic E-state index is 11.4. The highest BCUT2D eigenvalue weighted by molar-refractivity contribution is 5.93. The number of ether oxygens (including phenoxy) is 1. The average Bonchev–Trinajstić information content (AvgIpc) is 3.07. The van der Waals surface area contributed by atoms with Crippen LogP contribution < -0.4 is 9.64 Å². The number of aryl methyl sites for hydroxylation is 2. The van der Waals surface area contributed by atoms with Crippen molar-refractivity contribution in [3.8, 4) is 5.75 Å². The van der Waals surface area contributed by atoms with Crippen molar-refractivity contribution in [2.24, 2.45) is 11.8 Å². The molecular formula is C22H27N3O3. The lowest BCUT2D eigenvalue weighted by atomic mass is 9.78. The van der Waals surface area contributed by atoms with Crippen LogP contribution in [-0.2, 0) is 0 Å². The molecule has 1 N–H and O–H groups in total. The number of ketones is 1. The first-order chi connectivity index (χ1) is 13.4. The molecule has 148 valence electrons. The molecule has 0 radical (unpaired) electrons. The van der Waals surface area contributed by atoms with Crippen molar-refractivity contribution in [2.45, 2.75) is 45.8 Å². The lowest BCUT2D eigenvalue weighted by molar-refractivity contribution is -0.0236. The third-order valence-corrected chi connectivity index (χ3v) is 6.02. The van der Waals surface area contributed by atoms with E-state index >= 15 is 0 Å². The fraction of sp³-hybridized carbons (Fsp3) is 0.500. The minimum atomic E-state index is -0.477. The molecule has 1 saturated carbocycles. The summed E-state index contributed by atoms with van der Waals surface area (Å²) in [7, 11) is 0. The lowest BCUT2D eigenvalue weighted by Crippen LogP contribution is -2.42. The second-order valence-electron chi connectivity index (χ2n) is 8.12. The van der Waals surface area contributed by atoms with Gasteiger partial charge in [-0.2, -0.15) is 0 Å². The van der Waals surface area contributed by atoms with E-state index in [1.54, 1.807) is 13.1 Å². The molecule has 0 spiro atoms. The smallest absolute Gasteiger partial charge is 0.161 e. The molecule has 2 aromatic rings. The Bertz CT molecular complexity index is 868. The summed E-state index contributed by atoms with van der Waals surface area (Å²) in [6, 6.07) is 7.63. The monoisotopic (exact) mass is 381 g/mol. The third kappa shape index (κ3) is 3.74. The van der Waals surface area contributed by atoms with Crippen LogP contribution >= 0.6 is 0 Å². The Morgan fingerprint density at radius 2 is 1.89 bits per heavy atom. The number of Topliss-reactive ketones (excluding diaryl/α,β-unsaturated/α-hetero) is 1. The Morgan fingerprint density at radius 3 is 2.54 bits per heavy atom. The van der Waals surface area contributed by atoms with Crippen molar-refractivity contribution in [2.75, 3.05) is 18.0 Å². The summed E-state index contributed by atoms with van der Waals surface area (Å²) in [6.45, 7) is 7.23. The summed E-state index contributed by atoms with van der Waals surface area (Å²) in [4.78, 5) is 22.6. The van der Waals surface area contributed by atoms with Gasteiger partial charge in [-0.25, -0.2) is 4.98 Å². The molecule has 0 aromatic carbocycles. The van der Waals surface area contributed by atoms with Crippen molar-refractivity contribution >= 4 is 11.6 Å². The Balaban J connectivity index is 1.44. The highest BCUT2D eigenvalue weighted by Crippen LogP contribution is 2.39. The molecule has 1 saturated heterocycles.